The molecule has 1 aliphatic heterocycles. The lowest BCUT2D eigenvalue weighted by Crippen LogP contribution is -2.29. The van der Waals surface area contributed by atoms with Gasteiger partial charge in [0.1, 0.15) is 0 Å². The summed E-state index contributed by atoms with van der Waals surface area (Å²) in [7, 11) is 0. The Morgan fingerprint density at radius 1 is 1.11 bits per heavy atom. The fraction of sp³-hybridized carbons (Fsp3) is 0.250. The molecule has 0 atom stereocenters. The van der Waals surface area contributed by atoms with Gasteiger partial charge in [-0.15, -0.1) is 0 Å². The Bertz CT molecular complexity index is 595. The predicted molar refractivity (Wildman–Crippen MR) is 84.4 cm³/mol. The fourth-order valence-electron chi connectivity index (χ4n) is 2.72. The first-order chi connectivity index (χ1) is 9.25. The van der Waals surface area contributed by atoms with Gasteiger partial charge in [-0.25, -0.2) is 0 Å². The molecule has 2 nitrogen and oxygen atoms in total. The van der Waals surface area contributed by atoms with Crippen LogP contribution < -0.4 is 10.6 Å². The van der Waals surface area contributed by atoms with Gasteiger partial charge >= 0.3 is 0 Å². The molecule has 2 N–H and O–H groups in total. The van der Waals surface area contributed by atoms with Gasteiger partial charge in [0.25, 0.3) is 0 Å². The van der Waals surface area contributed by atoms with Gasteiger partial charge < -0.3 is 10.6 Å². The van der Waals surface area contributed by atoms with Crippen molar-refractivity contribution in [2.75, 3.05) is 17.2 Å². The van der Waals surface area contributed by atoms with E-state index in [2.05, 4.69) is 51.2 Å². The first-order valence-corrected chi connectivity index (χ1v) is 7.41. The van der Waals surface area contributed by atoms with Crippen LogP contribution in [0.5, 0.6) is 0 Å². The van der Waals surface area contributed by atoms with Crippen molar-refractivity contribution in [3.05, 3.63) is 58.1 Å². The van der Waals surface area contributed by atoms with Crippen molar-refractivity contribution in [2.24, 2.45) is 0 Å². The maximum atomic E-state index is 6.09. The van der Waals surface area contributed by atoms with Gasteiger partial charge in [0.15, 0.2) is 0 Å². The van der Waals surface area contributed by atoms with Crippen molar-refractivity contribution < 1.29 is 0 Å². The van der Waals surface area contributed by atoms with Gasteiger partial charge in [0.05, 0.1) is 0 Å². The fourth-order valence-corrected chi connectivity index (χ4v) is 3.13. The molecule has 2 aromatic rings. The van der Waals surface area contributed by atoms with Crippen LogP contribution in [0.2, 0.25) is 0 Å². The Labute approximate surface area is 122 Å². The van der Waals surface area contributed by atoms with Crippen LogP contribution in [0.25, 0.3) is 0 Å². The monoisotopic (exact) mass is 316 g/mol. The second-order valence-corrected chi connectivity index (χ2v) is 5.82. The van der Waals surface area contributed by atoms with Gasteiger partial charge in [-0.05, 0) is 42.2 Å². The van der Waals surface area contributed by atoms with Crippen LogP contribution >= 0.6 is 15.9 Å². The van der Waals surface area contributed by atoms with E-state index in [-0.39, 0.29) is 0 Å². The maximum Gasteiger partial charge on any atom is 0.0440 e. The minimum absolute atomic E-state index is 0.925. The molecule has 1 heterocycles. The Kier molecular flexibility index (Phi) is 3.47. The van der Waals surface area contributed by atoms with E-state index >= 15 is 0 Å². The first kappa shape index (κ1) is 12.5. The van der Waals surface area contributed by atoms with Crippen LogP contribution in [0.15, 0.2) is 46.9 Å². The lowest BCUT2D eigenvalue weighted by atomic mass is 9.99. The summed E-state index contributed by atoms with van der Waals surface area (Å²) >= 11 is 3.63. The maximum absolute atomic E-state index is 6.09. The van der Waals surface area contributed by atoms with E-state index in [9.17, 15) is 0 Å². The highest BCUT2D eigenvalue weighted by molar-refractivity contribution is 9.10. The van der Waals surface area contributed by atoms with Crippen molar-refractivity contribution >= 4 is 27.3 Å². The summed E-state index contributed by atoms with van der Waals surface area (Å²) in [5.41, 5.74) is 10.9. The number of hydrogen-bond donors (Lipinski definition) is 1. The number of nitrogens with two attached hydrogens (primary N) is 1. The largest absolute Gasteiger partial charge is 0.398 e. The zero-order valence-electron chi connectivity index (χ0n) is 10.8. The lowest BCUT2D eigenvalue weighted by Gasteiger charge is -2.32. The summed E-state index contributed by atoms with van der Waals surface area (Å²) in [4.78, 5) is 2.43. The van der Waals surface area contributed by atoms with Crippen molar-refractivity contribution in [3.63, 3.8) is 0 Å². The zero-order chi connectivity index (χ0) is 13.2. The molecule has 19 heavy (non-hydrogen) atoms. The zero-order valence-corrected chi connectivity index (χ0v) is 12.4. The number of fused-ring (bicyclic) bond motifs is 1. The van der Waals surface area contributed by atoms with Crippen molar-refractivity contribution in [2.45, 2.75) is 19.4 Å². The number of hydrogen-bond acceptors (Lipinski definition) is 2. The Balaban J connectivity index is 1.92. The average molecular weight is 317 g/mol. The minimum Gasteiger partial charge on any atom is -0.398 e. The van der Waals surface area contributed by atoms with Crippen molar-refractivity contribution in [3.8, 4) is 0 Å². The first-order valence-electron chi connectivity index (χ1n) is 6.61. The molecule has 1 aliphatic rings. The molecule has 0 amide bonds. The SMILES string of the molecule is Nc1cccc2c1CCCN2Cc1ccccc1Br. The van der Waals surface area contributed by atoms with E-state index in [4.69, 9.17) is 5.73 Å². The van der Waals surface area contributed by atoms with E-state index in [1.807, 2.05) is 12.1 Å². The second kappa shape index (κ2) is 5.25. The molecule has 3 rings (SSSR count). The van der Waals surface area contributed by atoms with E-state index in [1.54, 1.807) is 0 Å². The number of nitrogens with zero attached hydrogens (tertiary/aromatic N) is 1. The van der Waals surface area contributed by atoms with Crippen LogP contribution in [0, 0.1) is 0 Å². The predicted octanol–water partition coefficient (Wildman–Crippen LogP) is 3.98. The molecule has 0 unspecified atom stereocenters. The van der Waals surface area contributed by atoms with E-state index in [1.165, 1.54) is 27.7 Å². The molecule has 0 aromatic heterocycles. The number of benzene rings is 2. The summed E-state index contributed by atoms with van der Waals surface area (Å²) in [6.07, 6.45) is 2.26. The third kappa shape index (κ3) is 2.47. The number of rotatable bonds is 2. The normalized spacial score (nSPS) is 14.3. The summed E-state index contributed by atoms with van der Waals surface area (Å²) in [6.45, 7) is 2.02. The van der Waals surface area contributed by atoms with E-state index in [0.717, 1.165) is 25.2 Å². The average Bonchev–Trinajstić information content (AvgIpc) is 2.42. The highest BCUT2D eigenvalue weighted by atomic mass is 79.9. The minimum atomic E-state index is 0.925. The highest BCUT2D eigenvalue weighted by Gasteiger charge is 2.19. The summed E-state index contributed by atoms with van der Waals surface area (Å²) in [5, 5.41) is 0. The summed E-state index contributed by atoms with van der Waals surface area (Å²) in [6, 6.07) is 14.6. The molecule has 0 fully saturated rings. The molecule has 0 saturated carbocycles. The molecule has 0 saturated heterocycles. The molecule has 2 aromatic carbocycles. The molecular weight excluding hydrogens is 300 g/mol. The van der Waals surface area contributed by atoms with Gasteiger partial charge in [0, 0.05) is 28.9 Å². The number of halogens is 1. The highest BCUT2D eigenvalue weighted by Crippen LogP contribution is 2.33. The van der Waals surface area contributed by atoms with Gasteiger partial charge in [-0.2, -0.15) is 0 Å². The molecule has 98 valence electrons. The van der Waals surface area contributed by atoms with Gasteiger partial charge in [-0.1, -0.05) is 40.2 Å². The van der Waals surface area contributed by atoms with Crippen LogP contribution in [-0.2, 0) is 13.0 Å². The Morgan fingerprint density at radius 3 is 2.79 bits per heavy atom. The van der Waals surface area contributed by atoms with Crippen LogP contribution in [0.3, 0.4) is 0 Å². The molecule has 0 radical (unpaired) electrons. The van der Waals surface area contributed by atoms with Crippen molar-refractivity contribution in [1.82, 2.24) is 0 Å². The van der Waals surface area contributed by atoms with E-state index in [0.29, 0.717) is 0 Å². The molecular formula is C16H17BrN2. The summed E-state index contributed by atoms with van der Waals surface area (Å²) in [5.74, 6) is 0. The van der Waals surface area contributed by atoms with Crippen LogP contribution in [-0.4, -0.2) is 6.54 Å². The number of anilines is 2. The third-order valence-corrected chi connectivity index (χ3v) is 4.48. The molecule has 0 spiro atoms. The lowest BCUT2D eigenvalue weighted by molar-refractivity contribution is 0.691. The molecule has 3 heteroatoms. The Morgan fingerprint density at radius 2 is 1.95 bits per heavy atom. The molecule has 0 bridgehead atoms. The van der Waals surface area contributed by atoms with E-state index < -0.39 is 0 Å². The quantitative estimate of drug-likeness (QED) is 0.849. The molecule has 0 aliphatic carbocycles. The topological polar surface area (TPSA) is 29.3 Å². The van der Waals surface area contributed by atoms with Crippen LogP contribution in [0.4, 0.5) is 11.4 Å². The van der Waals surface area contributed by atoms with Crippen molar-refractivity contribution in [1.29, 1.82) is 0 Å². The van der Waals surface area contributed by atoms with Gasteiger partial charge in [0.2, 0.25) is 0 Å². The Hall–Kier alpha value is -1.48. The third-order valence-electron chi connectivity index (χ3n) is 3.70. The smallest absolute Gasteiger partial charge is 0.0440 e. The van der Waals surface area contributed by atoms with Gasteiger partial charge in [-0.3, -0.25) is 0 Å². The summed E-state index contributed by atoms with van der Waals surface area (Å²) < 4.78 is 1.17. The number of nitrogen functional groups attached to an aromatic ring is 1. The standard InChI is InChI=1S/C16H17BrN2/c17-14-7-2-1-5-12(14)11-19-10-4-6-13-15(18)8-3-9-16(13)19/h1-3,5,7-9H,4,6,10-11,18H2. The van der Waals surface area contributed by atoms with Crippen LogP contribution in [0.1, 0.15) is 17.5 Å². The second-order valence-electron chi connectivity index (χ2n) is 4.96.